The average molecular weight is 358 g/mol. The Bertz CT molecular complexity index is 747. The van der Waals surface area contributed by atoms with E-state index >= 15 is 0 Å². The van der Waals surface area contributed by atoms with E-state index in [1.165, 1.54) is 12.1 Å². The van der Waals surface area contributed by atoms with E-state index in [-0.39, 0.29) is 11.7 Å². The standard InChI is InChI=1S/C19H23FN4O2/c1-21-19(24-13-14-6-8-16(20)9-7-14)23-11-10-22-18(25)15-4-3-5-17(12-15)26-2/h3-9,12H,10-11,13H2,1-2H3,(H,22,25)(H2,21,23,24). The van der Waals surface area contributed by atoms with Crippen molar-refractivity contribution in [1.82, 2.24) is 16.0 Å². The molecule has 3 N–H and O–H groups in total. The second kappa shape index (κ2) is 10.0. The number of carbonyl (C=O) groups excluding carboxylic acids is 1. The number of carbonyl (C=O) groups is 1. The van der Waals surface area contributed by atoms with Gasteiger partial charge in [-0.05, 0) is 35.9 Å². The molecule has 0 aromatic heterocycles. The van der Waals surface area contributed by atoms with E-state index in [1.807, 2.05) is 0 Å². The Hall–Kier alpha value is -3.09. The highest BCUT2D eigenvalue weighted by Crippen LogP contribution is 2.12. The van der Waals surface area contributed by atoms with Crippen molar-refractivity contribution in [2.24, 2.45) is 4.99 Å². The molecular weight excluding hydrogens is 335 g/mol. The Labute approximate surface area is 152 Å². The molecule has 2 aromatic rings. The molecule has 0 saturated heterocycles. The second-order valence-electron chi connectivity index (χ2n) is 5.47. The summed E-state index contributed by atoms with van der Waals surface area (Å²) in [4.78, 5) is 16.2. The number of guanidine groups is 1. The number of rotatable bonds is 7. The minimum Gasteiger partial charge on any atom is -0.497 e. The summed E-state index contributed by atoms with van der Waals surface area (Å²) < 4.78 is 18.0. The number of nitrogens with one attached hydrogen (secondary N) is 3. The van der Waals surface area contributed by atoms with Crippen LogP contribution in [0.2, 0.25) is 0 Å². The number of methoxy groups -OCH3 is 1. The number of nitrogens with zero attached hydrogens (tertiary/aromatic N) is 1. The van der Waals surface area contributed by atoms with Crippen LogP contribution in [0.3, 0.4) is 0 Å². The third kappa shape index (κ3) is 6.08. The van der Waals surface area contributed by atoms with Gasteiger partial charge in [0.25, 0.3) is 5.91 Å². The molecule has 0 heterocycles. The molecule has 1 amide bonds. The third-order valence-corrected chi connectivity index (χ3v) is 3.63. The van der Waals surface area contributed by atoms with Gasteiger partial charge in [0.2, 0.25) is 0 Å². The molecule has 2 aromatic carbocycles. The van der Waals surface area contributed by atoms with Crippen molar-refractivity contribution < 1.29 is 13.9 Å². The van der Waals surface area contributed by atoms with E-state index in [0.717, 1.165) is 5.56 Å². The van der Waals surface area contributed by atoms with Crippen LogP contribution in [0.5, 0.6) is 5.75 Å². The molecular formula is C19H23FN4O2. The minimum atomic E-state index is -0.261. The zero-order valence-corrected chi connectivity index (χ0v) is 14.9. The Balaban J connectivity index is 1.71. The first-order chi connectivity index (χ1) is 12.6. The van der Waals surface area contributed by atoms with Crippen LogP contribution in [0.25, 0.3) is 0 Å². The highest BCUT2D eigenvalue weighted by atomic mass is 19.1. The predicted molar refractivity (Wildman–Crippen MR) is 99.9 cm³/mol. The van der Waals surface area contributed by atoms with Gasteiger partial charge in [0.1, 0.15) is 11.6 Å². The van der Waals surface area contributed by atoms with Crippen molar-refractivity contribution in [1.29, 1.82) is 0 Å². The van der Waals surface area contributed by atoms with Gasteiger partial charge in [-0.1, -0.05) is 18.2 Å². The van der Waals surface area contributed by atoms with Crippen molar-refractivity contribution in [3.8, 4) is 5.75 Å². The molecule has 0 aliphatic rings. The van der Waals surface area contributed by atoms with Crippen molar-refractivity contribution in [2.75, 3.05) is 27.2 Å². The fourth-order valence-corrected chi connectivity index (χ4v) is 2.23. The molecule has 138 valence electrons. The Morgan fingerprint density at radius 1 is 1.08 bits per heavy atom. The summed E-state index contributed by atoms with van der Waals surface area (Å²) in [5, 5.41) is 9.06. The van der Waals surface area contributed by atoms with Crippen LogP contribution in [0.4, 0.5) is 4.39 Å². The zero-order valence-electron chi connectivity index (χ0n) is 14.9. The van der Waals surface area contributed by atoms with Gasteiger partial charge in [-0.25, -0.2) is 4.39 Å². The van der Waals surface area contributed by atoms with Gasteiger partial charge in [0, 0.05) is 32.2 Å². The summed E-state index contributed by atoms with van der Waals surface area (Å²) in [6, 6.07) is 13.2. The minimum absolute atomic E-state index is 0.167. The lowest BCUT2D eigenvalue weighted by molar-refractivity contribution is 0.0954. The highest BCUT2D eigenvalue weighted by Gasteiger charge is 2.06. The molecule has 6 nitrogen and oxygen atoms in total. The van der Waals surface area contributed by atoms with Crippen LogP contribution in [-0.4, -0.2) is 39.1 Å². The normalized spacial score (nSPS) is 11.0. The quantitative estimate of drug-likeness (QED) is 0.402. The van der Waals surface area contributed by atoms with Crippen molar-refractivity contribution in [3.63, 3.8) is 0 Å². The fourth-order valence-electron chi connectivity index (χ4n) is 2.23. The molecule has 0 fully saturated rings. The number of ether oxygens (including phenoxy) is 1. The van der Waals surface area contributed by atoms with Crippen molar-refractivity contribution >= 4 is 11.9 Å². The van der Waals surface area contributed by atoms with Crippen molar-refractivity contribution in [3.05, 3.63) is 65.5 Å². The van der Waals surface area contributed by atoms with Crippen LogP contribution in [-0.2, 0) is 6.54 Å². The van der Waals surface area contributed by atoms with Gasteiger partial charge < -0.3 is 20.7 Å². The lowest BCUT2D eigenvalue weighted by Crippen LogP contribution is -2.41. The summed E-state index contributed by atoms with van der Waals surface area (Å²) in [5.74, 6) is 0.814. The van der Waals surface area contributed by atoms with E-state index in [1.54, 1.807) is 50.6 Å². The van der Waals surface area contributed by atoms with E-state index in [4.69, 9.17) is 4.74 Å². The third-order valence-electron chi connectivity index (χ3n) is 3.63. The van der Waals surface area contributed by atoms with Gasteiger partial charge in [0.15, 0.2) is 5.96 Å². The maximum atomic E-state index is 12.9. The molecule has 0 spiro atoms. The van der Waals surface area contributed by atoms with E-state index in [2.05, 4.69) is 20.9 Å². The second-order valence-corrected chi connectivity index (χ2v) is 5.47. The number of benzene rings is 2. The number of amides is 1. The Morgan fingerprint density at radius 3 is 2.50 bits per heavy atom. The van der Waals surface area contributed by atoms with Gasteiger partial charge in [-0.3, -0.25) is 9.79 Å². The van der Waals surface area contributed by atoms with E-state index in [9.17, 15) is 9.18 Å². The number of hydrogen-bond acceptors (Lipinski definition) is 3. The van der Waals surface area contributed by atoms with Crippen LogP contribution < -0.4 is 20.7 Å². The summed E-state index contributed by atoms with van der Waals surface area (Å²) in [7, 11) is 3.22. The van der Waals surface area contributed by atoms with E-state index < -0.39 is 0 Å². The lowest BCUT2D eigenvalue weighted by atomic mass is 10.2. The lowest BCUT2D eigenvalue weighted by Gasteiger charge is -2.12. The monoisotopic (exact) mass is 358 g/mol. The Morgan fingerprint density at radius 2 is 1.81 bits per heavy atom. The molecule has 0 saturated carbocycles. The number of hydrogen-bond donors (Lipinski definition) is 3. The maximum Gasteiger partial charge on any atom is 0.251 e. The maximum absolute atomic E-state index is 12.9. The highest BCUT2D eigenvalue weighted by molar-refractivity contribution is 5.94. The first kappa shape index (κ1) is 19.2. The predicted octanol–water partition coefficient (Wildman–Crippen LogP) is 1.93. The average Bonchev–Trinajstić information content (AvgIpc) is 2.68. The van der Waals surface area contributed by atoms with Crippen LogP contribution >= 0.6 is 0 Å². The molecule has 0 unspecified atom stereocenters. The molecule has 0 radical (unpaired) electrons. The molecule has 0 aliphatic heterocycles. The first-order valence-corrected chi connectivity index (χ1v) is 8.23. The SMILES string of the molecule is CN=C(NCCNC(=O)c1cccc(OC)c1)NCc1ccc(F)cc1. The zero-order chi connectivity index (χ0) is 18.8. The summed E-state index contributed by atoms with van der Waals surface area (Å²) in [6.07, 6.45) is 0. The summed E-state index contributed by atoms with van der Waals surface area (Å²) in [5.41, 5.74) is 1.49. The van der Waals surface area contributed by atoms with Gasteiger partial charge in [-0.2, -0.15) is 0 Å². The first-order valence-electron chi connectivity index (χ1n) is 8.23. The number of halogens is 1. The van der Waals surface area contributed by atoms with Crippen LogP contribution in [0, 0.1) is 5.82 Å². The fraction of sp³-hybridized carbons (Fsp3) is 0.263. The van der Waals surface area contributed by atoms with Gasteiger partial charge in [0.05, 0.1) is 7.11 Å². The van der Waals surface area contributed by atoms with Crippen LogP contribution in [0.1, 0.15) is 15.9 Å². The Kier molecular flexibility index (Phi) is 7.42. The topological polar surface area (TPSA) is 74.8 Å². The summed E-state index contributed by atoms with van der Waals surface area (Å²) in [6.45, 7) is 1.47. The van der Waals surface area contributed by atoms with Crippen LogP contribution in [0.15, 0.2) is 53.5 Å². The summed E-state index contributed by atoms with van der Waals surface area (Å²) >= 11 is 0. The smallest absolute Gasteiger partial charge is 0.251 e. The van der Waals surface area contributed by atoms with E-state index in [0.29, 0.717) is 36.9 Å². The molecule has 2 rings (SSSR count). The number of aliphatic imine (C=N–C) groups is 1. The molecule has 7 heteroatoms. The largest absolute Gasteiger partial charge is 0.497 e. The molecule has 0 bridgehead atoms. The molecule has 26 heavy (non-hydrogen) atoms. The van der Waals surface area contributed by atoms with Crippen molar-refractivity contribution in [2.45, 2.75) is 6.54 Å². The molecule has 0 atom stereocenters. The molecule has 0 aliphatic carbocycles. The van der Waals surface area contributed by atoms with Gasteiger partial charge >= 0.3 is 0 Å². The van der Waals surface area contributed by atoms with Gasteiger partial charge in [-0.15, -0.1) is 0 Å².